The Kier molecular flexibility index (Phi) is 6.31. The molecule has 0 aliphatic carbocycles. The summed E-state index contributed by atoms with van der Waals surface area (Å²) >= 11 is 0. The zero-order chi connectivity index (χ0) is 21.8. The fourth-order valence-corrected chi connectivity index (χ4v) is 3.23. The van der Waals surface area contributed by atoms with E-state index < -0.39 is 22.8 Å². The molecule has 2 fully saturated rings. The minimum atomic E-state index is -0.856. The van der Waals surface area contributed by atoms with E-state index in [0.29, 0.717) is 16.8 Å². The lowest BCUT2D eigenvalue weighted by Gasteiger charge is -2.37. The second-order valence-corrected chi connectivity index (χ2v) is 7.66. The SMILES string of the molecule is C#CCC1(C(=O)OCc2cnc(C)c(O)c2COC(=O)C2(CC#C)COC2)COC1. The fraction of sp³-hybridized carbons (Fsp3) is 0.500. The van der Waals surface area contributed by atoms with Crippen LogP contribution in [0.4, 0.5) is 0 Å². The van der Waals surface area contributed by atoms with Gasteiger partial charge in [0.05, 0.1) is 32.1 Å². The van der Waals surface area contributed by atoms with Gasteiger partial charge in [-0.3, -0.25) is 14.6 Å². The van der Waals surface area contributed by atoms with E-state index in [1.807, 2.05) is 0 Å². The second-order valence-electron chi connectivity index (χ2n) is 7.66. The number of carbonyl (C=O) groups excluding carboxylic acids is 2. The molecule has 0 atom stereocenters. The monoisotopic (exact) mass is 413 g/mol. The van der Waals surface area contributed by atoms with Gasteiger partial charge in [0, 0.05) is 30.2 Å². The highest BCUT2D eigenvalue weighted by atomic mass is 16.6. The minimum absolute atomic E-state index is 0.127. The maximum atomic E-state index is 12.5. The van der Waals surface area contributed by atoms with Crippen molar-refractivity contribution in [2.45, 2.75) is 33.0 Å². The number of nitrogens with zero attached hydrogens (tertiary/aromatic N) is 1. The first kappa shape index (κ1) is 21.6. The van der Waals surface area contributed by atoms with Crippen molar-refractivity contribution >= 4 is 11.9 Å². The van der Waals surface area contributed by atoms with Crippen molar-refractivity contribution in [3.63, 3.8) is 0 Å². The van der Waals surface area contributed by atoms with Crippen molar-refractivity contribution in [1.29, 1.82) is 0 Å². The van der Waals surface area contributed by atoms with Gasteiger partial charge in [-0.05, 0) is 6.92 Å². The van der Waals surface area contributed by atoms with Crippen LogP contribution in [0.2, 0.25) is 0 Å². The topological polar surface area (TPSA) is 104 Å². The Hall–Kier alpha value is -3.07. The van der Waals surface area contributed by atoms with Crippen molar-refractivity contribution < 1.29 is 33.6 Å². The molecule has 0 aromatic carbocycles. The molecule has 0 amide bonds. The van der Waals surface area contributed by atoms with Gasteiger partial charge in [0.2, 0.25) is 0 Å². The third-order valence-electron chi connectivity index (χ3n) is 5.40. The van der Waals surface area contributed by atoms with Gasteiger partial charge in [-0.25, -0.2) is 0 Å². The Labute approximate surface area is 174 Å². The molecular weight excluding hydrogens is 390 g/mol. The molecule has 2 aliphatic heterocycles. The van der Waals surface area contributed by atoms with Gasteiger partial charge in [-0.2, -0.15) is 0 Å². The Bertz CT molecular complexity index is 917. The van der Waals surface area contributed by atoms with Gasteiger partial charge < -0.3 is 24.1 Å². The van der Waals surface area contributed by atoms with Crippen LogP contribution in [0.5, 0.6) is 5.75 Å². The van der Waals surface area contributed by atoms with Crippen molar-refractivity contribution in [2.24, 2.45) is 10.8 Å². The average Bonchev–Trinajstić information content (AvgIpc) is 2.67. The normalized spacial score (nSPS) is 18.1. The summed E-state index contributed by atoms with van der Waals surface area (Å²) in [6.45, 7) is 2.05. The number of aromatic nitrogens is 1. The van der Waals surface area contributed by atoms with E-state index >= 15 is 0 Å². The number of carbonyl (C=O) groups is 2. The van der Waals surface area contributed by atoms with Gasteiger partial charge in [-0.1, -0.05) is 0 Å². The van der Waals surface area contributed by atoms with E-state index in [4.69, 9.17) is 31.8 Å². The molecule has 1 N–H and O–H groups in total. The van der Waals surface area contributed by atoms with Crippen LogP contribution in [0.25, 0.3) is 0 Å². The first-order valence-corrected chi connectivity index (χ1v) is 9.41. The molecule has 30 heavy (non-hydrogen) atoms. The summed E-state index contributed by atoms with van der Waals surface area (Å²) in [6.07, 6.45) is 12.6. The van der Waals surface area contributed by atoms with Gasteiger partial charge in [0.15, 0.2) is 0 Å². The van der Waals surface area contributed by atoms with E-state index in [1.54, 1.807) is 6.92 Å². The van der Waals surface area contributed by atoms with Crippen LogP contribution in [0, 0.1) is 42.4 Å². The van der Waals surface area contributed by atoms with Crippen LogP contribution >= 0.6 is 0 Å². The van der Waals surface area contributed by atoms with Crippen molar-refractivity contribution in [2.75, 3.05) is 26.4 Å². The van der Waals surface area contributed by atoms with Crippen molar-refractivity contribution in [3.05, 3.63) is 23.0 Å². The predicted molar refractivity (Wildman–Crippen MR) is 104 cm³/mol. The summed E-state index contributed by atoms with van der Waals surface area (Å²) in [5.41, 5.74) is -0.599. The van der Waals surface area contributed by atoms with Gasteiger partial charge in [0.25, 0.3) is 0 Å². The van der Waals surface area contributed by atoms with Crippen molar-refractivity contribution in [3.8, 4) is 30.4 Å². The molecule has 0 saturated carbocycles. The van der Waals surface area contributed by atoms with E-state index in [1.165, 1.54) is 6.20 Å². The summed E-state index contributed by atoms with van der Waals surface area (Å²) in [5, 5.41) is 10.4. The smallest absolute Gasteiger partial charge is 0.318 e. The highest BCUT2D eigenvalue weighted by molar-refractivity contribution is 5.79. The molecule has 158 valence electrons. The third kappa shape index (κ3) is 3.97. The summed E-state index contributed by atoms with van der Waals surface area (Å²) in [6, 6.07) is 0. The van der Waals surface area contributed by atoms with E-state index in [-0.39, 0.29) is 58.2 Å². The van der Waals surface area contributed by atoms with Gasteiger partial charge >= 0.3 is 11.9 Å². The number of hydrogen-bond acceptors (Lipinski definition) is 8. The Morgan fingerprint density at radius 3 is 2.00 bits per heavy atom. The Morgan fingerprint density at radius 1 is 1.07 bits per heavy atom. The molecule has 0 unspecified atom stereocenters. The summed E-state index contributed by atoms with van der Waals surface area (Å²) < 4.78 is 21.1. The maximum absolute atomic E-state index is 12.5. The molecule has 8 heteroatoms. The fourth-order valence-electron chi connectivity index (χ4n) is 3.23. The first-order valence-electron chi connectivity index (χ1n) is 9.41. The van der Waals surface area contributed by atoms with E-state index in [2.05, 4.69) is 16.8 Å². The number of rotatable bonds is 8. The van der Waals surface area contributed by atoms with Crippen LogP contribution in [0.1, 0.15) is 29.7 Å². The van der Waals surface area contributed by atoms with Gasteiger partial charge in [0.1, 0.15) is 29.8 Å². The van der Waals surface area contributed by atoms with Crippen molar-refractivity contribution in [1.82, 2.24) is 4.98 Å². The lowest BCUT2D eigenvalue weighted by atomic mass is 9.83. The quantitative estimate of drug-likeness (QED) is 0.502. The number of aromatic hydroxyl groups is 1. The van der Waals surface area contributed by atoms with E-state index in [9.17, 15) is 14.7 Å². The molecule has 0 spiro atoms. The average molecular weight is 413 g/mol. The summed E-state index contributed by atoms with van der Waals surface area (Å²) in [5.74, 6) is 3.84. The molecule has 8 nitrogen and oxygen atoms in total. The molecule has 1 aromatic heterocycles. The first-order chi connectivity index (χ1) is 14.4. The zero-order valence-electron chi connectivity index (χ0n) is 16.7. The molecule has 2 aliphatic rings. The second kappa shape index (κ2) is 8.74. The minimum Gasteiger partial charge on any atom is -0.506 e. The number of pyridine rings is 1. The standard InChI is InChI=1S/C22H23NO7/c1-4-6-21(11-27-12-21)19(25)29-9-16-8-23-15(3)18(24)17(16)10-30-20(26)22(7-5-2)13-28-14-22/h1-2,8,24H,6-7,9-14H2,3H3. The van der Waals surface area contributed by atoms with Crippen LogP contribution < -0.4 is 0 Å². The zero-order valence-corrected chi connectivity index (χ0v) is 16.7. The molecule has 0 bridgehead atoms. The lowest BCUT2D eigenvalue weighted by Crippen LogP contribution is -2.49. The van der Waals surface area contributed by atoms with Crippen LogP contribution in [-0.2, 0) is 41.8 Å². The highest BCUT2D eigenvalue weighted by Crippen LogP contribution is 2.35. The Morgan fingerprint density at radius 2 is 1.57 bits per heavy atom. The molecule has 2 saturated heterocycles. The van der Waals surface area contributed by atoms with E-state index in [0.717, 1.165) is 0 Å². The lowest BCUT2D eigenvalue weighted by molar-refractivity contribution is -0.187. The number of aryl methyl sites for hydroxylation is 1. The molecule has 0 radical (unpaired) electrons. The number of terminal acetylenes is 2. The molecule has 3 rings (SSSR count). The highest BCUT2D eigenvalue weighted by Gasteiger charge is 2.48. The Balaban J connectivity index is 1.70. The number of ether oxygens (including phenoxy) is 4. The molecule has 1 aromatic rings. The largest absolute Gasteiger partial charge is 0.506 e. The summed E-state index contributed by atoms with van der Waals surface area (Å²) in [7, 11) is 0. The predicted octanol–water partition coefficient (Wildman–Crippen LogP) is 1.26. The molecule has 3 heterocycles. The molecular formula is C22H23NO7. The number of hydrogen-bond donors (Lipinski definition) is 1. The van der Waals surface area contributed by atoms with Crippen LogP contribution in [-0.4, -0.2) is 48.5 Å². The van der Waals surface area contributed by atoms with Crippen LogP contribution in [0.15, 0.2) is 6.20 Å². The van der Waals surface area contributed by atoms with Crippen LogP contribution in [0.3, 0.4) is 0 Å². The third-order valence-corrected chi connectivity index (χ3v) is 5.40. The summed E-state index contributed by atoms with van der Waals surface area (Å²) in [4.78, 5) is 29.1. The van der Waals surface area contributed by atoms with Gasteiger partial charge in [-0.15, -0.1) is 24.7 Å². The maximum Gasteiger partial charge on any atom is 0.318 e. The number of esters is 2.